The van der Waals surface area contributed by atoms with Crippen molar-refractivity contribution in [2.24, 2.45) is 0 Å². The first kappa shape index (κ1) is 10.6. The molecule has 1 fully saturated rings. The minimum atomic E-state index is 0.438. The van der Waals surface area contributed by atoms with E-state index < -0.39 is 0 Å². The van der Waals surface area contributed by atoms with Crippen LogP contribution in [0, 0.1) is 0 Å². The highest BCUT2D eigenvalue weighted by atomic mass is 35.5. The quantitative estimate of drug-likeness (QED) is 0.648. The van der Waals surface area contributed by atoms with Crippen molar-refractivity contribution in [1.82, 2.24) is 4.90 Å². The molecule has 0 aromatic rings. The summed E-state index contributed by atoms with van der Waals surface area (Å²) >= 11 is 7.71. The van der Waals surface area contributed by atoms with Crippen molar-refractivity contribution >= 4 is 23.4 Å². The first-order valence-corrected chi connectivity index (χ1v) is 6.18. The Hall–Kier alpha value is 0.560. The number of hydrogen-bond acceptors (Lipinski definition) is 3. The zero-order valence-electron chi connectivity index (χ0n) is 7.46. The second-order valence-corrected chi connectivity index (χ2v) is 4.21. The molecule has 0 amide bonds. The van der Waals surface area contributed by atoms with E-state index in [1.165, 1.54) is 5.75 Å². The van der Waals surface area contributed by atoms with E-state index in [0.717, 1.165) is 26.3 Å². The first-order valence-electron chi connectivity index (χ1n) is 4.25. The molecule has 0 saturated carbocycles. The van der Waals surface area contributed by atoms with Crippen LogP contribution in [0.1, 0.15) is 0 Å². The van der Waals surface area contributed by atoms with Gasteiger partial charge in [-0.25, -0.2) is 0 Å². The fourth-order valence-electron chi connectivity index (χ4n) is 1.33. The summed E-state index contributed by atoms with van der Waals surface area (Å²) in [4.78, 5) is 2.42. The minimum absolute atomic E-state index is 0.438. The molecule has 12 heavy (non-hydrogen) atoms. The average Bonchev–Trinajstić information content (AvgIpc) is 2.15. The summed E-state index contributed by atoms with van der Waals surface area (Å²) in [5.74, 6) is 1.88. The van der Waals surface area contributed by atoms with E-state index in [4.69, 9.17) is 16.3 Å². The molecule has 4 heteroatoms. The maximum absolute atomic E-state index is 5.83. The topological polar surface area (TPSA) is 12.5 Å². The van der Waals surface area contributed by atoms with Crippen LogP contribution >= 0.6 is 23.4 Å². The van der Waals surface area contributed by atoms with Crippen LogP contribution in [-0.2, 0) is 4.74 Å². The van der Waals surface area contributed by atoms with Crippen molar-refractivity contribution < 1.29 is 4.74 Å². The van der Waals surface area contributed by atoms with Crippen LogP contribution in [0.4, 0.5) is 0 Å². The SMILES string of the molecule is CSCCN1CCOCC1CCl. The van der Waals surface area contributed by atoms with Gasteiger partial charge in [0.2, 0.25) is 0 Å². The second kappa shape index (κ2) is 6.08. The molecule has 0 aromatic heterocycles. The Bertz CT molecular complexity index is 126. The van der Waals surface area contributed by atoms with Crippen LogP contribution in [0.5, 0.6) is 0 Å². The van der Waals surface area contributed by atoms with Gasteiger partial charge in [0, 0.05) is 30.8 Å². The zero-order valence-corrected chi connectivity index (χ0v) is 9.03. The summed E-state index contributed by atoms with van der Waals surface area (Å²) in [6.07, 6.45) is 2.14. The normalized spacial score (nSPS) is 26.0. The van der Waals surface area contributed by atoms with Gasteiger partial charge in [-0.3, -0.25) is 4.90 Å². The Labute approximate surface area is 83.6 Å². The number of hydrogen-bond donors (Lipinski definition) is 0. The molecule has 1 atom stereocenters. The van der Waals surface area contributed by atoms with Crippen molar-refractivity contribution in [1.29, 1.82) is 0 Å². The molecule has 0 aromatic carbocycles. The fourth-order valence-corrected chi connectivity index (χ4v) is 2.04. The van der Waals surface area contributed by atoms with E-state index in [9.17, 15) is 0 Å². The summed E-state index contributed by atoms with van der Waals surface area (Å²) in [6, 6.07) is 0.438. The van der Waals surface area contributed by atoms with Gasteiger partial charge in [-0.15, -0.1) is 11.6 Å². The van der Waals surface area contributed by atoms with Gasteiger partial charge in [-0.2, -0.15) is 11.8 Å². The molecule has 72 valence electrons. The van der Waals surface area contributed by atoms with Gasteiger partial charge in [-0.1, -0.05) is 0 Å². The van der Waals surface area contributed by atoms with E-state index in [1.54, 1.807) is 0 Å². The number of ether oxygens (including phenoxy) is 1. The van der Waals surface area contributed by atoms with Crippen LogP contribution in [0.15, 0.2) is 0 Å². The summed E-state index contributed by atoms with van der Waals surface area (Å²) < 4.78 is 5.35. The van der Waals surface area contributed by atoms with Crippen LogP contribution in [0.2, 0.25) is 0 Å². The van der Waals surface area contributed by atoms with E-state index >= 15 is 0 Å². The summed E-state index contributed by atoms with van der Waals surface area (Å²) in [5.41, 5.74) is 0. The zero-order chi connectivity index (χ0) is 8.81. The van der Waals surface area contributed by atoms with Gasteiger partial charge < -0.3 is 4.74 Å². The van der Waals surface area contributed by atoms with Crippen molar-refractivity contribution in [3.05, 3.63) is 0 Å². The van der Waals surface area contributed by atoms with Crippen molar-refractivity contribution in [3.63, 3.8) is 0 Å². The predicted octanol–water partition coefficient (Wildman–Crippen LogP) is 1.29. The Morgan fingerprint density at radius 2 is 2.50 bits per heavy atom. The van der Waals surface area contributed by atoms with Gasteiger partial charge in [0.15, 0.2) is 0 Å². The number of thioether (sulfide) groups is 1. The van der Waals surface area contributed by atoms with Gasteiger partial charge in [0.05, 0.1) is 13.2 Å². The Morgan fingerprint density at radius 1 is 1.67 bits per heavy atom. The summed E-state index contributed by atoms with van der Waals surface area (Å²) in [5, 5.41) is 0. The molecule has 1 heterocycles. The number of halogens is 1. The molecule has 0 aliphatic carbocycles. The number of rotatable bonds is 4. The lowest BCUT2D eigenvalue weighted by molar-refractivity contribution is 0.00431. The van der Waals surface area contributed by atoms with Gasteiger partial charge in [0.1, 0.15) is 0 Å². The second-order valence-electron chi connectivity index (χ2n) is 2.91. The van der Waals surface area contributed by atoms with Crippen LogP contribution in [0.3, 0.4) is 0 Å². The van der Waals surface area contributed by atoms with E-state index in [1.807, 2.05) is 11.8 Å². The third kappa shape index (κ3) is 3.13. The molecule has 0 radical (unpaired) electrons. The van der Waals surface area contributed by atoms with Crippen LogP contribution < -0.4 is 0 Å². The average molecular weight is 210 g/mol. The fraction of sp³-hybridized carbons (Fsp3) is 1.00. The van der Waals surface area contributed by atoms with Crippen molar-refractivity contribution in [2.45, 2.75) is 6.04 Å². The largest absolute Gasteiger partial charge is 0.378 e. The molecule has 1 saturated heterocycles. The minimum Gasteiger partial charge on any atom is -0.378 e. The Balaban J connectivity index is 2.26. The summed E-state index contributed by atoms with van der Waals surface area (Å²) in [6.45, 7) is 3.85. The molecule has 1 rings (SSSR count). The monoisotopic (exact) mass is 209 g/mol. The molecule has 1 aliphatic heterocycles. The van der Waals surface area contributed by atoms with Crippen LogP contribution in [-0.4, -0.2) is 55.1 Å². The molecule has 0 N–H and O–H groups in total. The lowest BCUT2D eigenvalue weighted by atomic mass is 10.2. The molecule has 0 spiro atoms. The smallest absolute Gasteiger partial charge is 0.0634 e. The molecule has 2 nitrogen and oxygen atoms in total. The van der Waals surface area contributed by atoms with E-state index in [0.29, 0.717) is 11.9 Å². The number of alkyl halides is 1. The highest BCUT2D eigenvalue weighted by Crippen LogP contribution is 2.09. The molecular weight excluding hydrogens is 194 g/mol. The maximum Gasteiger partial charge on any atom is 0.0634 e. The van der Waals surface area contributed by atoms with Gasteiger partial charge >= 0.3 is 0 Å². The van der Waals surface area contributed by atoms with Crippen molar-refractivity contribution in [3.8, 4) is 0 Å². The standard InChI is InChI=1S/C8H16ClNOS/c1-12-5-3-10-2-4-11-7-8(10)6-9/h8H,2-7H2,1H3. The van der Waals surface area contributed by atoms with E-state index in [-0.39, 0.29) is 0 Å². The van der Waals surface area contributed by atoms with Crippen molar-refractivity contribution in [2.75, 3.05) is 44.2 Å². The lowest BCUT2D eigenvalue weighted by Crippen LogP contribution is -2.47. The highest BCUT2D eigenvalue weighted by molar-refractivity contribution is 7.98. The summed E-state index contributed by atoms with van der Waals surface area (Å²) in [7, 11) is 0. The lowest BCUT2D eigenvalue weighted by Gasteiger charge is -2.34. The number of morpholine rings is 1. The third-order valence-electron chi connectivity index (χ3n) is 2.11. The number of nitrogens with zero attached hydrogens (tertiary/aromatic N) is 1. The molecule has 0 bridgehead atoms. The maximum atomic E-state index is 5.83. The predicted molar refractivity (Wildman–Crippen MR) is 55.3 cm³/mol. The van der Waals surface area contributed by atoms with Gasteiger partial charge in [0.25, 0.3) is 0 Å². The van der Waals surface area contributed by atoms with E-state index in [2.05, 4.69) is 11.2 Å². The molecule has 1 aliphatic rings. The Morgan fingerprint density at radius 3 is 3.17 bits per heavy atom. The molecular formula is C8H16ClNOS. The van der Waals surface area contributed by atoms with Gasteiger partial charge in [-0.05, 0) is 6.26 Å². The first-order chi connectivity index (χ1) is 5.88. The molecule has 1 unspecified atom stereocenters. The van der Waals surface area contributed by atoms with Crippen LogP contribution in [0.25, 0.3) is 0 Å². The highest BCUT2D eigenvalue weighted by Gasteiger charge is 2.20. The Kier molecular flexibility index (Phi) is 5.39. The third-order valence-corrected chi connectivity index (χ3v) is 3.06.